The third-order valence-corrected chi connectivity index (χ3v) is 7.72. The summed E-state index contributed by atoms with van der Waals surface area (Å²) < 4.78 is 8.62. The summed E-state index contributed by atoms with van der Waals surface area (Å²) in [5, 5.41) is 13.5. The lowest BCUT2D eigenvalue weighted by Crippen LogP contribution is -2.26. The molecule has 3 N–H and O–H groups in total. The molecule has 0 atom stereocenters. The number of nitriles is 1. The minimum atomic E-state index is -0.669. The molecule has 0 saturated heterocycles. The number of esters is 1. The number of nitrogens with zero attached hydrogens (tertiary/aromatic N) is 4. The molecule has 0 spiro atoms. The zero-order valence-corrected chi connectivity index (χ0v) is 21.2. The van der Waals surface area contributed by atoms with Gasteiger partial charge in [-0.25, -0.2) is 14.0 Å². The number of carbonyl (C=O) groups excluding carboxylic acids is 1. The molecule has 0 bridgehead atoms. The molecule has 0 fully saturated rings. The number of thiophene rings is 2. The average molecular weight is 527 g/mol. The van der Waals surface area contributed by atoms with Gasteiger partial charge >= 0.3 is 5.97 Å². The topological polar surface area (TPSA) is 148 Å². The number of H-pyrrole nitrogens is 1. The summed E-state index contributed by atoms with van der Waals surface area (Å²) in [4.78, 5) is 47.0. The molecular weight excluding hydrogens is 508 g/mol. The Morgan fingerprint density at radius 2 is 1.94 bits per heavy atom. The molecule has 5 aromatic rings. The van der Waals surface area contributed by atoms with Crippen molar-refractivity contribution in [3.05, 3.63) is 49.3 Å². The van der Waals surface area contributed by atoms with Gasteiger partial charge in [-0.1, -0.05) is 11.8 Å². The molecular formula is C22H18N6O4S3. The third kappa shape index (κ3) is 3.79. The van der Waals surface area contributed by atoms with Crippen molar-refractivity contribution in [1.29, 1.82) is 5.26 Å². The molecule has 5 aromatic heterocycles. The van der Waals surface area contributed by atoms with Crippen molar-refractivity contribution < 1.29 is 9.53 Å². The lowest BCUT2D eigenvalue weighted by molar-refractivity contribution is -0.151. The van der Waals surface area contributed by atoms with Crippen LogP contribution in [0.2, 0.25) is 0 Å². The highest BCUT2D eigenvalue weighted by atomic mass is 32.2. The maximum absolute atomic E-state index is 13.6. The number of ether oxygens (including phenoxy) is 1. The van der Waals surface area contributed by atoms with Gasteiger partial charge in [0.25, 0.3) is 11.1 Å². The summed E-state index contributed by atoms with van der Waals surface area (Å²) in [6, 6.07) is 5.43. The van der Waals surface area contributed by atoms with Crippen LogP contribution in [0.1, 0.15) is 26.5 Å². The number of fused-ring (bicyclic) bond motifs is 3. The summed E-state index contributed by atoms with van der Waals surface area (Å²) in [6.07, 6.45) is 0. The van der Waals surface area contributed by atoms with E-state index in [1.54, 1.807) is 43.7 Å². The fraction of sp³-hybridized carbons (Fsp3) is 0.227. The Bertz CT molecular complexity index is 1810. The number of nitrogen functional groups attached to an aromatic ring is 1. The van der Waals surface area contributed by atoms with E-state index in [-0.39, 0.29) is 33.6 Å². The second kappa shape index (κ2) is 8.26. The standard InChI is InChI=1S/C22H18N6O4S3/c1-22(2,3)32-13(29)9-35-21-26-11-5-7-34-17(11)20(31)28(21)15-14(24)12(8-23)27-18(15)25-10-4-6-33-16(10)19(27)30/h4-7,25H,9,24H2,1-3H3. The minimum Gasteiger partial charge on any atom is -0.459 e. The van der Waals surface area contributed by atoms with Gasteiger partial charge in [0.15, 0.2) is 10.9 Å². The number of hydrogen-bond acceptors (Lipinski definition) is 10. The number of thioether (sulfide) groups is 1. The van der Waals surface area contributed by atoms with Crippen molar-refractivity contribution in [2.24, 2.45) is 0 Å². The molecule has 0 aromatic carbocycles. The smallest absolute Gasteiger partial charge is 0.316 e. The maximum atomic E-state index is 13.6. The summed E-state index contributed by atoms with van der Waals surface area (Å²) in [7, 11) is 0. The van der Waals surface area contributed by atoms with Crippen LogP contribution < -0.4 is 16.9 Å². The molecule has 178 valence electrons. The van der Waals surface area contributed by atoms with E-state index in [0.29, 0.717) is 20.4 Å². The second-order valence-corrected chi connectivity index (χ2v) is 11.3. The molecule has 0 aliphatic rings. The molecule has 5 heterocycles. The molecule has 35 heavy (non-hydrogen) atoms. The lowest BCUT2D eigenvalue weighted by Gasteiger charge is -2.19. The van der Waals surface area contributed by atoms with Crippen LogP contribution in [-0.4, -0.2) is 36.3 Å². The van der Waals surface area contributed by atoms with E-state index >= 15 is 0 Å². The Morgan fingerprint density at radius 3 is 2.66 bits per heavy atom. The van der Waals surface area contributed by atoms with E-state index in [1.807, 2.05) is 6.07 Å². The van der Waals surface area contributed by atoms with E-state index in [4.69, 9.17) is 10.5 Å². The van der Waals surface area contributed by atoms with Gasteiger partial charge in [-0.3, -0.25) is 14.4 Å². The van der Waals surface area contributed by atoms with Crippen molar-refractivity contribution >= 4 is 72.2 Å². The van der Waals surface area contributed by atoms with E-state index in [9.17, 15) is 19.6 Å². The van der Waals surface area contributed by atoms with Crippen LogP contribution >= 0.6 is 34.4 Å². The molecule has 10 nitrogen and oxygen atoms in total. The van der Waals surface area contributed by atoms with Crippen molar-refractivity contribution in [2.45, 2.75) is 31.5 Å². The van der Waals surface area contributed by atoms with Gasteiger partial charge in [0.1, 0.15) is 32.4 Å². The molecule has 13 heteroatoms. The molecule has 5 rings (SSSR count). The highest BCUT2D eigenvalue weighted by Gasteiger charge is 2.26. The van der Waals surface area contributed by atoms with Crippen LogP contribution in [-0.2, 0) is 9.53 Å². The predicted octanol–water partition coefficient (Wildman–Crippen LogP) is 3.49. The van der Waals surface area contributed by atoms with Gasteiger partial charge in [-0.05, 0) is 43.7 Å². The van der Waals surface area contributed by atoms with E-state index in [2.05, 4.69) is 9.97 Å². The Labute approximate surface area is 209 Å². The summed E-state index contributed by atoms with van der Waals surface area (Å²) in [6.45, 7) is 5.29. The molecule has 0 aliphatic carbocycles. The maximum Gasteiger partial charge on any atom is 0.316 e. The van der Waals surface area contributed by atoms with E-state index < -0.39 is 22.7 Å². The SMILES string of the molecule is CC(C)(C)OC(=O)CSc1nc2ccsc2c(=O)n1-c1c(N)c(C#N)n2c(=O)c3sccc3[nH]c12. The quantitative estimate of drug-likeness (QED) is 0.205. The van der Waals surface area contributed by atoms with Crippen LogP contribution in [0.3, 0.4) is 0 Å². The highest BCUT2D eigenvalue weighted by Crippen LogP contribution is 2.32. The van der Waals surface area contributed by atoms with Gasteiger partial charge in [0, 0.05) is 0 Å². The predicted molar refractivity (Wildman–Crippen MR) is 138 cm³/mol. The van der Waals surface area contributed by atoms with Crippen LogP contribution in [0, 0.1) is 11.3 Å². The summed E-state index contributed by atoms with van der Waals surface area (Å²) in [5.74, 6) is -0.587. The fourth-order valence-electron chi connectivity index (χ4n) is 3.72. The Balaban J connectivity index is 1.79. The number of nitrogens with two attached hydrogens (primary N) is 1. The first-order valence-electron chi connectivity index (χ1n) is 10.3. The Morgan fingerprint density at radius 1 is 1.23 bits per heavy atom. The number of aromatic amines is 1. The Kier molecular flexibility index (Phi) is 5.47. The number of anilines is 1. The van der Waals surface area contributed by atoms with Gasteiger partial charge in [0.05, 0.1) is 22.5 Å². The van der Waals surface area contributed by atoms with Crippen LogP contribution in [0.15, 0.2) is 37.6 Å². The van der Waals surface area contributed by atoms with E-state index in [0.717, 1.165) is 11.8 Å². The van der Waals surface area contributed by atoms with Gasteiger partial charge in [-0.2, -0.15) is 5.26 Å². The Hall–Kier alpha value is -3.60. The van der Waals surface area contributed by atoms with Crippen molar-refractivity contribution in [1.82, 2.24) is 18.9 Å². The highest BCUT2D eigenvalue weighted by molar-refractivity contribution is 7.99. The monoisotopic (exact) mass is 526 g/mol. The number of carbonyl (C=O) groups is 1. The zero-order chi connectivity index (χ0) is 25.1. The van der Waals surface area contributed by atoms with Crippen LogP contribution in [0.5, 0.6) is 0 Å². The first-order chi connectivity index (χ1) is 16.6. The van der Waals surface area contributed by atoms with Gasteiger partial charge in [0.2, 0.25) is 0 Å². The number of aromatic nitrogens is 4. The largest absolute Gasteiger partial charge is 0.459 e. The first-order valence-corrected chi connectivity index (χ1v) is 13.0. The fourth-order valence-corrected chi connectivity index (χ4v) is 6.03. The zero-order valence-electron chi connectivity index (χ0n) is 18.7. The number of rotatable bonds is 4. The van der Waals surface area contributed by atoms with Gasteiger partial charge in [-0.15, -0.1) is 22.7 Å². The molecule has 0 radical (unpaired) electrons. The van der Waals surface area contributed by atoms with Crippen molar-refractivity contribution in [3.8, 4) is 11.8 Å². The number of hydrogen-bond donors (Lipinski definition) is 2. The molecule has 0 saturated carbocycles. The molecule has 0 aliphatic heterocycles. The van der Waals surface area contributed by atoms with Crippen molar-refractivity contribution in [3.63, 3.8) is 0 Å². The van der Waals surface area contributed by atoms with Crippen molar-refractivity contribution in [2.75, 3.05) is 11.5 Å². The minimum absolute atomic E-state index is 0.0440. The molecule has 0 unspecified atom stereocenters. The van der Waals surface area contributed by atoms with Crippen LogP contribution in [0.4, 0.5) is 5.69 Å². The van der Waals surface area contributed by atoms with Crippen LogP contribution in [0.25, 0.3) is 31.8 Å². The van der Waals surface area contributed by atoms with E-state index in [1.165, 1.54) is 31.6 Å². The number of nitrogens with one attached hydrogen (secondary N) is 1. The summed E-state index contributed by atoms with van der Waals surface area (Å²) >= 11 is 3.46. The normalized spacial score (nSPS) is 11.9. The molecule has 0 amide bonds. The second-order valence-electron chi connectivity index (χ2n) is 8.55. The lowest BCUT2D eigenvalue weighted by atomic mass is 10.2. The summed E-state index contributed by atoms with van der Waals surface area (Å²) in [5.41, 5.74) is 6.07. The van der Waals surface area contributed by atoms with Gasteiger partial charge < -0.3 is 15.5 Å². The third-order valence-electron chi connectivity index (χ3n) is 5.02. The average Bonchev–Trinajstić information content (AvgIpc) is 3.50. The first kappa shape index (κ1) is 23.2.